The lowest BCUT2D eigenvalue weighted by atomic mass is 10.0. The molecule has 4 heteroatoms. The fourth-order valence-electron chi connectivity index (χ4n) is 1.98. The molecular weight excluding hydrogens is 254 g/mol. The van der Waals surface area contributed by atoms with Gasteiger partial charge in [0.15, 0.2) is 0 Å². The van der Waals surface area contributed by atoms with Gasteiger partial charge in [0.1, 0.15) is 0 Å². The molecule has 0 aliphatic heterocycles. The molecule has 1 N–H and O–H groups in total. The summed E-state index contributed by atoms with van der Waals surface area (Å²) in [5, 5.41) is 3.46. The van der Waals surface area contributed by atoms with Crippen LogP contribution in [-0.4, -0.2) is 22.3 Å². The maximum absolute atomic E-state index is 4.40. The van der Waals surface area contributed by atoms with E-state index in [1.54, 1.807) is 12.4 Å². The number of nitrogens with one attached hydrogen (secondary N) is 1. The summed E-state index contributed by atoms with van der Waals surface area (Å²) in [6.45, 7) is 5.16. The summed E-state index contributed by atoms with van der Waals surface area (Å²) in [7, 11) is 0. The zero-order chi connectivity index (χ0) is 13.5. The van der Waals surface area contributed by atoms with Gasteiger partial charge in [0, 0.05) is 17.3 Å². The first-order valence-electron chi connectivity index (χ1n) is 6.57. The lowest BCUT2D eigenvalue weighted by Gasteiger charge is -2.17. The topological polar surface area (TPSA) is 37.8 Å². The van der Waals surface area contributed by atoms with Crippen molar-refractivity contribution in [2.24, 2.45) is 0 Å². The molecule has 2 aromatic rings. The highest BCUT2D eigenvalue weighted by molar-refractivity contribution is 7.99. The Hall–Kier alpha value is -1.39. The second kappa shape index (κ2) is 7.26. The second-order valence-corrected chi connectivity index (χ2v) is 5.46. The van der Waals surface area contributed by atoms with Gasteiger partial charge in [0.25, 0.3) is 0 Å². The Morgan fingerprint density at radius 1 is 1.16 bits per heavy atom. The van der Waals surface area contributed by atoms with Crippen LogP contribution in [0.15, 0.2) is 47.8 Å². The molecule has 19 heavy (non-hydrogen) atoms. The van der Waals surface area contributed by atoms with Crippen LogP contribution in [0.1, 0.15) is 31.1 Å². The van der Waals surface area contributed by atoms with Gasteiger partial charge in [-0.25, -0.2) is 0 Å². The van der Waals surface area contributed by atoms with E-state index >= 15 is 0 Å². The lowest BCUT2D eigenvalue weighted by Crippen LogP contribution is -2.23. The minimum absolute atomic E-state index is 0.111. The van der Waals surface area contributed by atoms with Crippen LogP contribution in [0.2, 0.25) is 0 Å². The van der Waals surface area contributed by atoms with Crippen molar-refractivity contribution in [1.82, 2.24) is 15.3 Å². The van der Waals surface area contributed by atoms with E-state index in [1.807, 2.05) is 18.0 Å². The zero-order valence-corrected chi connectivity index (χ0v) is 12.2. The van der Waals surface area contributed by atoms with E-state index in [4.69, 9.17) is 0 Å². The standard InChI is InChI=1S/C15H19N3S/c1-3-17-15(14-11-16-9-10-18-14)12-5-7-13(8-6-12)19-4-2/h5-11,15,17H,3-4H2,1-2H3. The average Bonchev–Trinajstić information content (AvgIpc) is 2.47. The summed E-state index contributed by atoms with van der Waals surface area (Å²) in [5.41, 5.74) is 2.18. The summed E-state index contributed by atoms with van der Waals surface area (Å²) in [4.78, 5) is 9.86. The molecule has 0 fully saturated rings. The molecule has 0 saturated carbocycles. The van der Waals surface area contributed by atoms with Crippen molar-refractivity contribution >= 4 is 11.8 Å². The molecule has 0 bridgehead atoms. The molecule has 1 atom stereocenters. The van der Waals surface area contributed by atoms with Crippen LogP contribution in [0.3, 0.4) is 0 Å². The van der Waals surface area contributed by atoms with Crippen LogP contribution < -0.4 is 5.32 Å². The molecule has 0 aliphatic rings. The Kier molecular flexibility index (Phi) is 5.36. The van der Waals surface area contributed by atoms with E-state index in [0.717, 1.165) is 18.0 Å². The van der Waals surface area contributed by atoms with Crippen LogP contribution in [-0.2, 0) is 0 Å². The Morgan fingerprint density at radius 3 is 2.53 bits per heavy atom. The van der Waals surface area contributed by atoms with Gasteiger partial charge in [0.2, 0.25) is 0 Å². The maximum Gasteiger partial charge on any atom is 0.0801 e. The highest BCUT2D eigenvalue weighted by Crippen LogP contribution is 2.23. The number of thioether (sulfide) groups is 1. The molecule has 1 unspecified atom stereocenters. The largest absolute Gasteiger partial charge is 0.305 e. The van der Waals surface area contributed by atoms with E-state index in [-0.39, 0.29) is 6.04 Å². The summed E-state index contributed by atoms with van der Waals surface area (Å²) < 4.78 is 0. The van der Waals surface area contributed by atoms with Crippen molar-refractivity contribution in [2.75, 3.05) is 12.3 Å². The lowest BCUT2D eigenvalue weighted by molar-refractivity contribution is 0.612. The SMILES string of the molecule is CCNC(c1ccc(SCC)cc1)c1cnccn1. The van der Waals surface area contributed by atoms with Crippen LogP contribution in [0.25, 0.3) is 0 Å². The number of benzene rings is 1. The Labute approximate surface area is 118 Å². The number of nitrogens with zero attached hydrogens (tertiary/aromatic N) is 2. The molecule has 3 nitrogen and oxygen atoms in total. The van der Waals surface area contributed by atoms with Crippen molar-refractivity contribution < 1.29 is 0 Å². The first-order chi connectivity index (χ1) is 9.35. The molecule has 2 rings (SSSR count). The van der Waals surface area contributed by atoms with E-state index in [1.165, 1.54) is 10.5 Å². The second-order valence-electron chi connectivity index (χ2n) is 4.12. The number of rotatable bonds is 6. The van der Waals surface area contributed by atoms with Gasteiger partial charge in [0.05, 0.1) is 17.9 Å². The van der Waals surface area contributed by atoms with Gasteiger partial charge in [-0.2, -0.15) is 0 Å². The van der Waals surface area contributed by atoms with Crippen molar-refractivity contribution in [1.29, 1.82) is 0 Å². The number of aromatic nitrogens is 2. The van der Waals surface area contributed by atoms with Crippen LogP contribution in [0, 0.1) is 0 Å². The summed E-state index contributed by atoms with van der Waals surface area (Å²) in [5.74, 6) is 1.10. The van der Waals surface area contributed by atoms with Gasteiger partial charge in [-0.1, -0.05) is 26.0 Å². The smallest absolute Gasteiger partial charge is 0.0801 e. The van der Waals surface area contributed by atoms with Crippen LogP contribution in [0.5, 0.6) is 0 Å². The minimum atomic E-state index is 0.111. The molecule has 0 saturated heterocycles. The Balaban J connectivity index is 2.24. The van der Waals surface area contributed by atoms with E-state index in [0.29, 0.717) is 0 Å². The van der Waals surface area contributed by atoms with Gasteiger partial charge >= 0.3 is 0 Å². The molecule has 100 valence electrons. The van der Waals surface area contributed by atoms with Gasteiger partial charge < -0.3 is 5.32 Å². The highest BCUT2D eigenvalue weighted by Gasteiger charge is 2.14. The third-order valence-electron chi connectivity index (χ3n) is 2.81. The monoisotopic (exact) mass is 273 g/mol. The van der Waals surface area contributed by atoms with E-state index < -0.39 is 0 Å². The van der Waals surface area contributed by atoms with Crippen molar-refractivity contribution in [2.45, 2.75) is 24.8 Å². The fraction of sp³-hybridized carbons (Fsp3) is 0.333. The Bertz CT molecular complexity index is 485. The third kappa shape index (κ3) is 3.78. The molecule has 1 heterocycles. The highest BCUT2D eigenvalue weighted by atomic mass is 32.2. The van der Waals surface area contributed by atoms with Gasteiger partial charge in [-0.15, -0.1) is 11.8 Å². The van der Waals surface area contributed by atoms with Crippen LogP contribution in [0.4, 0.5) is 0 Å². The quantitative estimate of drug-likeness (QED) is 0.820. The molecule has 0 spiro atoms. The average molecular weight is 273 g/mol. The Morgan fingerprint density at radius 2 is 1.95 bits per heavy atom. The third-order valence-corrected chi connectivity index (χ3v) is 3.71. The summed E-state index contributed by atoms with van der Waals surface area (Å²) >= 11 is 1.86. The molecule has 0 amide bonds. The molecule has 0 radical (unpaired) electrons. The first-order valence-corrected chi connectivity index (χ1v) is 7.55. The minimum Gasteiger partial charge on any atom is -0.305 e. The molecule has 1 aromatic carbocycles. The van der Waals surface area contributed by atoms with Crippen LogP contribution >= 0.6 is 11.8 Å². The molecule has 1 aromatic heterocycles. The predicted molar refractivity (Wildman–Crippen MR) is 80.4 cm³/mol. The van der Waals surface area contributed by atoms with Crippen molar-refractivity contribution in [3.05, 3.63) is 54.1 Å². The van der Waals surface area contributed by atoms with E-state index in [9.17, 15) is 0 Å². The first kappa shape index (κ1) is 14.0. The fourth-order valence-corrected chi connectivity index (χ4v) is 2.64. The number of hydrogen-bond acceptors (Lipinski definition) is 4. The normalized spacial score (nSPS) is 12.3. The zero-order valence-electron chi connectivity index (χ0n) is 11.3. The van der Waals surface area contributed by atoms with Gasteiger partial charge in [-0.05, 0) is 30.0 Å². The predicted octanol–water partition coefficient (Wildman–Crippen LogP) is 3.29. The summed E-state index contributed by atoms with van der Waals surface area (Å²) in [6, 6.07) is 8.79. The molecule has 0 aliphatic carbocycles. The van der Waals surface area contributed by atoms with Crippen molar-refractivity contribution in [3.63, 3.8) is 0 Å². The maximum atomic E-state index is 4.40. The number of hydrogen-bond donors (Lipinski definition) is 1. The summed E-state index contributed by atoms with van der Waals surface area (Å²) in [6.07, 6.45) is 5.26. The van der Waals surface area contributed by atoms with Gasteiger partial charge in [-0.3, -0.25) is 9.97 Å². The van der Waals surface area contributed by atoms with Crippen molar-refractivity contribution in [3.8, 4) is 0 Å². The molecular formula is C15H19N3S. The van der Waals surface area contributed by atoms with E-state index in [2.05, 4.69) is 53.4 Å².